The molecule has 0 aliphatic heterocycles. The number of rotatable bonds is 2. The Hall–Kier alpha value is 0.0800. The maximum atomic E-state index is 6.18. The van der Waals surface area contributed by atoms with Gasteiger partial charge in [0.05, 0.1) is 4.83 Å². The Labute approximate surface area is 134 Å². The van der Waals surface area contributed by atoms with E-state index < -0.39 is 0 Å². The molecule has 0 N–H and O–H groups in total. The van der Waals surface area contributed by atoms with Crippen molar-refractivity contribution in [1.29, 1.82) is 0 Å². The molecule has 0 amide bonds. The molecule has 1 unspecified atom stereocenters. The summed E-state index contributed by atoms with van der Waals surface area (Å²) in [5.74, 6) is 0. The van der Waals surface area contributed by atoms with Crippen molar-refractivity contribution in [2.75, 3.05) is 0 Å². The minimum Gasteiger partial charge on any atom is -0.0843 e. The van der Waals surface area contributed by atoms with Gasteiger partial charge < -0.3 is 0 Å². The van der Waals surface area contributed by atoms with Crippen LogP contribution >= 0.6 is 62.3 Å². The van der Waals surface area contributed by atoms with Gasteiger partial charge in [0.25, 0.3) is 0 Å². The maximum Gasteiger partial charge on any atom is 0.0674 e. The number of benzene rings is 2. The Kier molecular flexibility index (Phi) is 4.85. The Morgan fingerprint density at radius 2 is 1.33 bits per heavy atom. The molecule has 2 aromatic rings. The van der Waals surface area contributed by atoms with Gasteiger partial charge in [-0.1, -0.05) is 68.4 Å². The maximum absolute atomic E-state index is 6.18. The third kappa shape index (κ3) is 3.15. The third-order valence-electron chi connectivity index (χ3n) is 2.47. The molecule has 0 saturated carbocycles. The van der Waals surface area contributed by atoms with Crippen molar-refractivity contribution >= 4 is 62.3 Å². The lowest BCUT2D eigenvalue weighted by molar-refractivity contribution is 1.18. The third-order valence-corrected chi connectivity index (χ3v) is 4.59. The first-order chi connectivity index (χ1) is 8.49. The number of halogens is 5. The van der Waals surface area contributed by atoms with E-state index in [2.05, 4.69) is 15.9 Å². The quantitative estimate of drug-likeness (QED) is 0.500. The van der Waals surface area contributed by atoms with E-state index in [4.69, 9.17) is 46.4 Å². The van der Waals surface area contributed by atoms with Crippen LogP contribution in [0.4, 0.5) is 0 Å². The molecule has 2 rings (SSSR count). The van der Waals surface area contributed by atoms with Crippen molar-refractivity contribution in [2.45, 2.75) is 4.83 Å². The molecule has 0 saturated heterocycles. The van der Waals surface area contributed by atoms with Crippen LogP contribution in [0.3, 0.4) is 0 Å². The van der Waals surface area contributed by atoms with Crippen molar-refractivity contribution in [1.82, 2.24) is 0 Å². The molecule has 0 fully saturated rings. The first kappa shape index (κ1) is 14.5. The summed E-state index contributed by atoms with van der Waals surface area (Å²) < 4.78 is 0. The van der Waals surface area contributed by atoms with Gasteiger partial charge in [0, 0.05) is 20.1 Å². The van der Waals surface area contributed by atoms with E-state index in [9.17, 15) is 0 Å². The predicted octanol–water partition coefficient (Wildman–Crippen LogP) is 6.78. The molecular weight excluding hydrogens is 378 g/mol. The smallest absolute Gasteiger partial charge is 0.0674 e. The summed E-state index contributed by atoms with van der Waals surface area (Å²) in [6.07, 6.45) is 0. The fourth-order valence-electron chi connectivity index (χ4n) is 1.58. The molecule has 18 heavy (non-hydrogen) atoms. The SMILES string of the molecule is Clc1ccc(C(Br)c2cc(Cl)ccc2Cl)c(Cl)c1. The fraction of sp³-hybridized carbons (Fsp3) is 0.0769. The summed E-state index contributed by atoms with van der Waals surface area (Å²) in [6, 6.07) is 10.7. The van der Waals surface area contributed by atoms with Gasteiger partial charge in [-0.3, -0.25) is 0 Å². The molecule has 0 aliphatic rings. The molecule has 0 bridgehead atoms. The zero-order valence-electron chi connectivity index (χ0n) is 8.93. The van der Waals surface area contributed by atoms with Crippen LogP contribution in [-0.4, -0.2) is 0 Å². The lowest BCUT2D eigenvalue weighted by Gasteiger charge is -2.14. The molecule has 94 valence electrons. The van der Waals surface area contributed by atoms with Crippen LogP contribution in [-0.2, 0) is 0 Å². The molecule has 0 heterocycles. The van der Waals surface area contributed by atoms with Gasteiger partial charge in [-0.05, 0) is 41.5 Å². The average molecular weight is 385 g/mol. The Bertz CT molecular complexity index is 583. The molecular formula is C13H7BrCl4. The standard InChI is InChI=1S/C13H7BrCl4/c14-13(9-3-1-8(16)6-12(9)18)10-5-7(15)2-4-11(10)17/h1-6,13H. The minimum atomic E-state index is -0.131. The normalized spacial score (nSPS) is 12.5. The van der Waals surface area contributed by atoms with Crippen LogP contribution in [0.25, 0.3) is 0 Å². The van der Waals surface area contributed by atoms with Crippen LogP contribution < -0.4 is 0 Å². The number of hydrogen-bond acceptors (Lipinski definition) is 0. The van der Waals surface area contributed by atoms with Crippen LogP contribution in [0.2, 0.25) is 20.1 Å². The monoisotopic (exact) mass is 382 g/mol. The van der Waals surface area contributed by atoms with Crippen molar-refractivity contribution in [3.05, 3.63) is 67.6 Å². The summed E-state index contributed by atoms with van der Waals surface area (Å²) >= 11 is 27.8. The van der Waals surface area contributed by atoms with Crippen LogP contribution in [0, 0.1) is 0 Å². The first-order valence-electron chi connectivity index (χ1n) is 5.03. The zero-order chi connectivity index (χ0) is 13.3. The van der Waals surface area contributed by atoms with Crippen molar-refractivity contribution < 1.29 is 0 Å². The van der Waals surface area contributed by atoms with Gasteiger partial charge >= 0.3 is 0 Å². The van der Waals surface area contributed by atoms with E-state index in [0.717, 1.165) is 11.1 Å². The molecule has 0 radical (unpaired) electrons. The highest BCUT2D eigenvalue weighted by Gasteiger charge is 2.17. The molecule has 0 spiro atoms. The largest absolute Gasteiger partial charge is 0.0843 e. The molecule has 2 aromatic carbocycles. The summed E-state index contributed by atoms with van der Waals surface area (Å²) in [4.78, 5) is -0.131. The van der Waals surface area contributed by atoms with Crippen molar-refractivity contribution in [3.63, 3.8) is 0 Å². The summed E-state index contributed by atoms with van der Waals surface area (Å²) in [6.45, 7) is 0. The lowest BCUT2D eigenvalue weighted by atomic mass is 10.0. The van der Waals surface area contributed by atoms with E-state index in [0.29, 0.717) is 20.1 Å². The summed E-state index contributed by atoms with van der Waals surface area (Å²) in [7, 11) is 0. The van der Waals surface area contributed by atoms with E-state index in [1.165, 1.54) is 0 Å². The fourth-order valence-corrected chi connectivity index (χ4v) is 3.55. The average Bonchev–Trinajstić information content (AvgIpc) is 2.31. The van der Waals surface area contributed by atoms with E-state index in [1.807, 2.05) is 12.1 Å². The van der Waals surface area contributed by atoms with Gasteiger partial charge in [0.15, 0.2) is 0 Å². The van der Waals surface area contributed by atoms with Crippen molar-refractivity contribution in [3.8, 4) is 0 Å². The highest BCUT2D eigenvalue weighted by Crippen LogP contribution is 2.40. The molecule has 0 aromatic heterocycles. The topological polar surface area (TPSA) is 0 Å². The second-order valence-electron chi connectivity index (χ2n) is 3.69. The molecule has 0 aliphatic carbocycles. The molecule has 1 atom stereocenters. The predicted molar refractivity (Wildman–Crippen MR) is 83.7 cm³/mol. The zero-order valence-corrected chi connectivity index (χ0v) is 13.5. The van der Waals surface area contributed by atoms with Gasteiger partial charge in [0.2, 0.25) is 0 Å². The summed E-state index contributed by atoms with van der Waals surface area (Å²) in [5.41, 5.74) is 1.76. The molecule has 5 heteroatoms. The van der Waals surface area contributed by atoms with E-state index >= 15 is 0 Å². The van der Waals surface area contributed by atoms with Crippen LogP contribution in [0.5, 0.6) is 0 Å². The summed E-state index contributed by atoms with van der Waals surface area (Å²) in [5, 5.41) is 2.44. The van der Waals surface area contributed by atoms with E-state index in [-0.39, 0.29) is 4.83 Å². The second kappa shape index (κ2) is 6.02. The first-order valence-corrected chi connectivity index (χ1v) is 7.46. The number of hydrogen-bond donors (Lipinski definition) is 0. The Balaban J connectivity index is 2.47. The van der Waals surface area contributed by atoms with Gasteiger partial charge in [0.1, 0.15) is 0 Å². The Morgan fingerprint density at radius 1 is 0.722 bits per heavy atom. The molecule has 0 nitrogen and oxygen atoms in total. The lowest BCUT2D eigenvalue weighted by Crippen LogP contribution is -1.95. The van der Waals surface area contributed by atoms with Crippen LogP contribution in [0.15, 0.2) is 36.4 Å². The van der Waals surface area contributed by atoms with Gasteiger partial charge in [-0.15, -0.1) is 0 Å². The Morgan fingerprint density at radius 3 is 2.00 bits per heavy atom. The number of alkyl halides is 1. The highest BCUT2D eigenvalue weighted by atomic mass is 79.9. The van der Waals surface area contributed by atoms with E-state index in [1.54, 1.807) is 24.3 Å². The van der Waals surface area contributed by atoms with Gasteiger partial charge in [-0.25, -0.2) is 0 Å². The van der Waals surface area contributed by atoms with Crippen LogP contribution in [0.1, 0.15) is 16.0 Å². The van der Waals surface area contributed by atoms with Gasteiger partial charge in [-0.2, -0.15) is 0 Å². The minimum absolute atomic E-state index is 0.131. The van der Waals surface area contributed by atoms with Crippen molar-refractivity contribution in [2.24, 2.45) is 0 Å². The second-order valence-corrected chi connectivity index (χ2v) is 6.30. The highest BCUT2D eigenvalue weighted by molar-refractivity contribution is 9.09.